The van der Waals surface area contributed by atoms with Gasteiger partial charge in [-0.05, 0) is 57.8 Å². The Labute approximate surface area is 245 Å². The number of phenolic OH excluding ortho intramolecular Hbond substituents is 3. The molecule has 2 heterocycles. The van der Waals surface area contributed by atoms with E-state index in [1.54, 1.807) is 28.1 Å². The van der Waals surface area contributed by atoms with Gasteiger partial charge in [-0.15, -0.1) is 0 Å². The standard InChI is InChI=1S/C34H27B2N3O3/c35-28-31(40)27(32(41)29(36)33(28)42)34-38-19-26(23-11-5-10-22(17-23)25-13-6-14-37-18-25)30(39-34)24-12-4-9-21(16-24)15-20-7-2-1-3-8-20/h1-14,16-19,40-42H,15,35-36H2. The topological polar surface area (TPSA) is 99.4 Å². The van der Waals surface area contributed by atoms with Crippen LogP contribution in [0.4, 0.5) is 0 Å². The molecule has 0 saturated carbocycles. The van der Waals surface area contributed by atoms with Crippen molar-refractivity contribution in [2.75, 3.05) is 0 Å². The van der Waals surface area contributed by atoms with Crippen molar-refractivity contribution in [3.8, 4) is 62.1 Å². The number of hydrogen-bond donors (Lipinski definition) is 3. The van der Waals surface area contributed by atoms with Gasteiger partial charge in [-0.3, -0.25) is 4.98 Å². The van der Waals surface area contributed by atoms with Crippen LogP contribution in [-0.2, 0) is 6.42 Å². The van der Waals surface area contributed by atoms with E-state index in [1.165, 1.54) is 5.56 Å². The first-order chi connectivity index (χ1) is 20.4. The largest absolute Gasteiger partial charge is 0.509 e. The van der Waals surface area contributed by atoms with Gasteiger partial charge in [0.2, 0.25) is 0 Å². The van der Waals surface area contributed by atoms with Crippen molar-refractivity contribution in [1.82, 2.24) is 15.0 Å². The third-order valence-electron chi connectivity index (χ3n) is 7.53. The summed E-state index contributed by atoms with van der Waals surface area (Å²) >= 11 is 0. The average Bonchev–Trinajstić information content (AvgIpc) is 3.04. The van der Waals surface area contributed by atoms with Crippen LogP contribution in [0.5, 0.6) is 17.2 Å². The molecule has 2 aromatic heterocycles. The summed E-state index contributed by atoms with van der Waals surface area (Å²) in [5.74, 6) is -0.519. The summed E-state index contributed by atoms with van der Waals surface area (Å²) in [7, 11) is 3.18. The van der Waals surface area contributed by atoms with E-state index in [-0.39, 0.29) is 39.6 Å². The summed E-state index contributed by atoms with van der Waals surface area (Å²) in [6, 6.07) is 30.5. The lowest BCUT2D eigenvalue weighted by molar-refractivity contribution is 0.441. The lowest BCUT2D eigenvalue weighted by Crippen LogP contribution is -2.17. The number of nitrogens with zero attached hydrogens (tertiary/aromatic N) is 3. The van der Waals surface area contributed by atoms with Crippen LogP contribution in [0.2, 0.25) is 0 Å². The van der Waals surface area contributed by atoms with E-state index in [4.69, 9.17) is 4.98 Å². The summed E-state index contributed by atoms with van der Waals surface area (Å²) in [5.41, 5.74) is 8.16. The first kappa shape index (κ1) is 26.8. The summed E-state index contributed by atoms with van der Waals surface area (Å²) in [6.07, 6.45) is 6.06. The Bertz CT molecular complexity index is 1890. The van der Waals surface area contributed by atoms with E-state index >= 15 is 0 Å². The molecular formula is C34H27B2N3O3. The SMILES string of the molecule is Bc1c(O)c(B)c(O)c(-c2ncc(-c3cccc(-c4cccnc4)c3)c(-c3cccc(Cc4ccccc4)c3)n2)c1O. The third-order valence-corrected chi connectivity index (χ3v) is 7.53. The molecule has 0 aliphatic heterocycles. The molecule has 8 heteroatoms. The summed E-state index contributed by atoms with van der Waals surface area (Å²) in [5, 5.41) is 32.3. The minimum absolute atomic E-state index is 0.0835. The first-order valence-electron chi connectivity index (χ1n) is 13.7. The molecule has 202 valence electrons. The summed E-state index contributed by atoms with van der Waals surface area (Å²) < 4.78 is 0. The fraction of sp³-hybridized carbons (Fsp3) is 0.0294. The van der Waals surface area contributed by atoms with Crippen LogP contribution in [-0.4, -0.2) is 46.0 Å². The van der Waals surface area contributed by atoms with Crippen molar-refractivity contribution in [1.29, 1.82) is 0 Å². The van der Waals surface area contributed by atoms with E-state index in [9.17, 15) is 15.3 Å². The molecule has 6 aromatic rings. The molecule has 6 nitrogen and oxygen atoms in total. The van der Waals surface area contributed by atoms with Crippen LogP contribution < -0.4 is 10.9 Å². The Kier molecular flexibility index (Phi) is 7.19. The van der Waals surface area contributed by atoms with Crippen LogP contribution in [0.1, 0.15) is 11.1 Å². The van der Waals surface area contributed by atoms with E-state index in [0.29, 0.717) is 5.69 Å². The zero-order valence-corrected chi connectivity index (χ0v) is 23.3. The van der Waals surface area contributed by atoms with E-state index < -0.39 is 0 Å². The first-order valence-corrected chi connectivity index (χ1v) is 13.7. The van der Waals surface area contributed by atoms with Crippen LogP contribution in [0.25, 0.3) is 44.9 Å². The predicted octanol–water partition coefficient (Wildman–Crippen LogP) is 3.76. The zero-order chi connectivity index (χ0) is 29.2. The molecule has 3 N–H and O–H groups in total. The maximum Gasteiger partial charge on any atom is 0.167 e. The average molecular weight is 547 g/mol. The number of aromatic hydroxyl groups is 3. The third kappa shape index (κ3) is 5.10. The Hall–Kier alpha value is -5.36. The van der Waals surface area contributed by atoms with Crippen molar-refractivity contribution in [2.24, 2.45) is 0 Å². The maximum atomic E-state index is 10.9. The molecule has 42 heavy (non-hydrogen) atoms. The molecule has 0 amide bonds. The minimum Gasteiger partial charge on any atom is -0.509 e. The maximum absolute atomic E-state index is 10.9. The number of phenols is 3. The molecule has 0 radical (unpaired) electrons. The van der Waals surface area contributed by atoms with Gasteiger partial charge >= 0.3 is 0 Å². The predicted molar refractivity (Wildman–Crippen MR) is 172 cm³/mol. The molecule has 0 bridgehead atoms. The van der Waals surface area contributed by atoms with Crippen molar-refractivity contribution < 1.29 is 15.3 Å². The molecule has 0 atom stereocenters. The lowest BCUT2D eigenvalue weighted by Gasteiger charge is -2.17. The van der Waals surface area contributed by atoms with Gasteiger partial charge in [0.05, 0.1) is 5.69 Å². The number of pyridine rings is 1. The van der Waals surface area contributed by atoms with Crippen molar-refractivity contribution in [3.63, 3.8) is 0 Å². The van der Waals surface area contributed by atoms with Gasteiger partial charge in [0.1, 0.15) is 38.5 Å². The van der Waals surface area contributed by atoms with Gasteiger partial charge in [0.25, 0.3) is 0 Å². The number of rotatable bonds is 6. The van der Waals surface area contributed by atoms with Gasteiger partial charge in [0.15, 0.2) is 5.82 Å². The fourth-order valence-corrected chi connectivity index (χ4v) is 5.20. The summed E-state index contributed by atoms with van der Waals surface area (Å²) in [4.78, 5) is 13.8. The van der Waals surface area contributed by atoms with E-state index in [2.05, 4.69) is 40.3 Å². The minimum atomic E-state index is -0.259. The molecule has 0 saturated heterocycles. The van der Waals surface area contributed by atoms with Gasteiger partial charge in [-0.25, -0.2) is 9.97 Å². The van der Waals surface area contributed by atoms with E-state index in [0.717, 1.165) is 39.8 Å². The number of aromatic nitrogens is 3. The quantitative estimate of drug-likeness (QED) is 0.275. The Morgan fingerprint density at radius 3 is 2.00 bits per heavy atom. The molecule has 0 spiro atoms. The van der Waals surface area contributed by atoms with Gasteiger partial charge < -0.3 is 15.3 Å². The van der Waals surface area contributed by atoms with Gasteiger partial charge in [-0.2, -0.15) is 0 Å². The highest BCUT2D eigenvalue weighted by molar-refractivity contribution is 6.44. The zero-order valence-electron chi connectivity index (χ0n) is 23.3. The van der Waals surface area contributed by atoms with Crippen LogP contribution >= 0.6 is 0 Å². The Morgan fingerprint density at radius 2 is 1.26 bits per heavy atom. The molecule has 4 aromatic carbocycles. The lowest BCUT2D eigenvalue weighted by atomic mass is 9.81. The smallest absolute Gasteiger partial charge is 0.167 e. The summed E-state index contributed by atoms with van der Waals surface area (Å²) in [6.45, 7) is 0. The monoisotopic (exact) mass is 547 g/mol. The number of hydrogen-bond acceptors (Lipinski definition) is 6. The Balaban J connectivity index is 1.54. The highest BCUT2D eigenvalue weighted by atomic mass is 16.3. The highest BCUT2D eigenvalue weighted by Gasteiger charge is 2.23. The van der Waals surface area contributed by atoms with Crippen LogP contribution in [0.15, 0.2) is 110 Å². The fourth-order valence-electron chi connectivity index (χ4n) is 5.20. The molecule has 0 aliphatic rings. The highest BCUT2D eigenvalue weighted by Crippen LogP contribution is 2.39. The molecule has 0 unspecified atom stereocenters. The molecule has 0 aliphatic carbocycles. The molecular weight excluding hydrogens is 520 g/mol. The normalized spacial score (nSPS) is 11.0. The second-order valence-electron chi connectivity index (χ2n) is 10.3. The van der Waals surface area contributed by atoms with Crippen molar-refractivity contribution in [3.05, 3.63) is 121 Å². The second kappa shape index (κ2) is 11.3. The van der Waals surface area contributed by atoms with Crippen molar-refractivity contribution >= 4 is 26.6 Å². The molecule has 0 fully saturated rings. The second-order valence-corrected chi connectivity index (χ2v) is 10.3. The van der Waals surface area contributed by atoms with Crippen molar-refractivity contribution in [2.45, 2.75) is 6.42 Å². The van der Waals surface area contributed by atoms with E-state index in [1.807, 2.05) is 66.9 Å². The number of benzene rings is 4. The van der Waals surface area contributed by atoms with Crippen LogP contribution in [0.3, 0.4) is 0 Å². The molecule has 6 rings (SSSR count). The van der Waals surface area contributed by atoms with Gasteiger partial charge in [0, 0.05) is 35.3 Å². The van der Waals surface area contributed by atoms with Gasteiger partial charge in [-0.1, -0.05) is 72.8 Å². The Morgan fingerprint density at radius 1 is 0.595 bits per heavy atom. The van der Waals surface area contributed by atoms with Crippen LogP contribution in [0, 0.1) is 0 Å².